The number of ether oxygens (including phenoxy) is 1. The van der Waals surface area contributed by atoms with Gasteiger partial charge in [-0.15, -0.1) is 0 Å². The Morgan fingerprint density at radius 3 is 2.95 bits per heavy atom. The summed E-state index contributed by atoms with van der Waals surface area (Å²) in [6.45, 7) is 5.38. The van der Waals surface area contributed by atoms with E-state index < -0.39 is 0 Å². The third-order valence-electron chi connectivity index (χ3n) is 4.26. The van der Waals surface area contributed by atoms with Gasteiger partial charge in [-0.05, 0) is 49.3 Å². The van der Waals surface area contributed by atoms with Crippen molar-refractivity contribution < 1.29 is 9.13 Å². The first-order valence-corrected chi connectivity index (χ1v) is 7.17. The number of hydrogen-bond donors (Lipinski definition) is 1. The minimum Gasteiger partial charge on any atom is -0.494 e. The van der Waals surface area contributed by atoms with Crippen LogP contribution in [0.2, 0.25) is 0 Å². The molecule has 1 saturated carbocycles. The van der Waals surface area contributed by atoms with E-state index in [0.29, 0.717) is 11.8 Å². The molecule has 2 nitrogen and oxygen atoms in total. The van der Waals surface area contributed by atoms with Crippen molar-refractivity contribution in [3.05, 3.63) is 29.6 Å². The highest BCUT2D eigenvalue weighted by atomic mass is 19.1. The molecule has 0 heterocycles. The van der Waals surface area contributed by atoms with Crippen molar-refractivity contribution >= 4 is 0 Å². The maximum absolute atomic E-state index is 14.4. The Morgan fingerprint density at radius 1 is 1.47 bits per heavy atom. The van der Waals surface area contributed by atoms with Crippen LogP contribution in [0.3, 0.4) is 0 Å². The molecule has 1 aromatic rings. The highest BCUT2D eigenvalue weighted by molar-refractivity contribution is 5.36. The minimum absolute atomic E-state index is 0.0793. The van der Waals surface area contributed by atoms with Crippen molar-refractivity contribution in [1.82, 2.24) is 5.32 Å². The van der Waals surface area contributed by atoms with E-state index in [1.807, 2.05) is 12.1 Å². The van der Waals surface area contributed by atoms with Gasteiger partial charge in [0.1, 0.15) is 0 Å². The third kappa shape index (κ3) is 2.92. The van der Waals surface area contributed by atoms with Crippen LogP contribution in [0, 0.1) is 5.82 Å². The predicted molar refractivity (Wildman–Crippen MR) is 76.2 cm³/mol. The Balaban J connectivity index is 2.17. The second-order valence-corrected chi connectivity index (χ2v) is 5.78. The summed E-state index contributed by atoms with van der Waals surface area (Å²) in [6.07, 6.45) is 4.28. The number of nitrogens with one attached hydrogen (secondary N) is 1. The molecule has 0 aromatic heterocycles. The first-order valence-electron chi connectivity index (χ1n) is 7.17. The Bertz CT molecular complexity index is 435. The normalized spacial score (nSPS) is 26.6. The van der Waals surface area contributed by atoms with Crippen LogP contribution in [-0.2, 0) is 5.41 Å². The van der Waals surface area contributed by atoms with Crippen molar-refractivity contribution in [3.63, 3.8) is 0 Å². The van der Waals surface area contributed by atoms with Crippen molar-refractivity contribution in [2.45, 2.75) is 51.0 Å². The fourth-order valence-corrected chi connectivity index (χ4v) is 3.14. The molecular weight excluding hydrogens is 241 g/mol. The topological polar surface area (TPSA) is 21.3 Å². The van der Waals surface area contributed by atoms with Gasteiger partial charge in [-0.1, -0.05) is 26.0 Å². The van der Waals surface area contributed by atoms with Gasteiger partial charge in [0.05, 0.1) is 7.11 Å². The lowest BCUT2D eigenvalue weighted by Gasteiger charge is -2.26. The quantitative estimate of drug-likeness (QED) is 0.877. The fraction of sp³-hybridized carbons (Fsp3) is 0.625. The summed E-state index contributed by atoms with van der Waals surface area (Å²) in [4.78, 5) is 0. The van der Waals surface area contributed by atoms with E-state index in [0.717, 1.165) is 37.8 Å². The summed E-state index contributed by atoms with van der Waals surface area (Å²) < 4.78 is 19.5. The summed E-state index contributed by atoms with van der Waals surface area (Å²) in [5.74, 6) is 0.160. The Kier molecular flexibility index (Phi) is 4.46. The average Bonchev–Trinajstić information content (AvgIpc) is 2.79. The van der Waals surface area contributed by atoms with Gasteiger partial charge in [-0.2, -0.15) is 0 Å². The molecule has 0 radical (unpaired) electrons. The van der Waals surface area contributed by atoms with Crippen LogP contribution in [0.4, 0.5) is 4.39 Å². The van der Waals surface area contributed by atoms with Crippen LogP contribution in [-0.4, -0.2) is 19.7 Å². The zero-order chi connectivity index (χ0) is 13.9. The molecule has 2 unspecified atom stereocenters. The number of methoxy groups -OCH3 is 1. The van der Waals surface area contributed by atoms with E-state index >= 15 is 0 Å². The Morgan fingerprint density at radius 2 is 2.26 bits per heavy atom. The SMILES string of the molecule is CCCNC1CCC(C)(c2cccc(OC)c2F)C1. The minimum atomic E-state index is -0.191. The molecule has 3 heteroatoms. The molecule has 0 aliphatic heterocycles. The van der Waals surface area contributed by atoms with E-state index in [-0.39, 0.29) is 11.2 Å². The van der Waals surface area contributed by atoms with E-state index in [2.05, 4.69) is 19.2 Å². The van der Waals surface area contributed by atoms with Crippen molar-refractivity contribution in [1.29, 1.82) is 0 Å². The van der Waals surface area contributed by atoms with Gasteiger partial charge in [-0.25, -0.2) is 4.39 Å². The van der Waals surface area contributed by atoms with E-state index in [1.54, 1.807) is 6.07 Å². The van der Waals surface area contributed by atoms with Crippen LogP contribution in [0.25, 0.3) is 0 Å². The maximum Gasteiger partial charge on any atom is 0.168 e. The molecule has 2 rings (SSSR count). The summed E-state index contributed by atoms with van der Waals surface area (Å²) in [5.41, 5.74) is 0.719. The molecule has 1 aliphatic carbocycles. The van der Waals surface area contributed by atoms with Crippen LogP contribution < -0.4 is 10.1 Å². The zero-order valence-electron chi connectivity index (χ0n) is 12.1. The second kappa shape index (κ2) is 5.91. The number of halogens is 1. The van der Waals surface area contributed by atoms with E-state index in [1.165, 1.54) is 7.11 Å². The smallest absolute Gasteiger partial charge is 0.168 e. The second-order valence-electron chi connectivity index (χ2n) is 5.78. The van der Waals surface area contributed by atoms with Crippen molar-refractivity contribution in [3.8, 4) is 5.75 Å². The highest BCUT2D eigenvalue weighted by Gasteiger charge is 2.38. The molecule has 19 heavy (non-hydrogen) atoms. The summed E-state index contributed by atoms with van der Waals surface area (Å²) >= 11 is 0. The summed E-state index contributed by atoms with van der Waals surface area (Å²) in [5, 5.41) is 3.55. The lowest BCUT2D eigenvalue weighted by Crippen LogP contribution is -2.29. The molecule has 1 aromatic carbocycles. The zero-order valence-corrected chi connectivity index (χ0v) is 12.1. The van der Waals surface area contributed by atoms with Crippen LogP contribution in [0.5, 0.6) is 5.75 Å². The average molecular weight is 265 g/mol. The predicted octanol–water partition coefficient (Wildman–Crippen LogP) is 3.64. The van der Waals surface area contributed by atoms with E-state index in [9.17, 15) is 4.39 Å². The number of hydrogen-bond acceptors (Lipinski definition) is 2. The summed E-state index contributed by atoms with van der Waals surface area (Å²) in [7, 11) is 1.52. The fourth-order valence-electron chi connectivity index (χ4n) is 3.14. The number of benzene rings is 1. The van der Waals surface area contributed by atoms with Gasteiger partial charge in [0.2, 0.25) is 0 Å². The molecule has 106 valence electrons. The molecular formula is C16H24FNO. The van der Waals surface area contributed by atoms with Crippen LogP contribution in [0.15, 0.2) is 18.2 Å². The Hall–Kier alpha value is -1.09. The molecule has 2 atom stereocenters. The Labute approximate surface area is 115 Å². The molecule has 0 bridgehead atoms. The lowest BCUT2D eigenvalue weighted by atomic mass is 9.80. The molecule has 1 aliphatic rings. The van der Waals surface area contributed by atoms with Gasteiger partial charge < -0.3 is 10.1 Å². The van der Waals surface area contributed by atoms with Gasteiger partial charge in [0, 0.05) is 6.04 Å². The molecule has 0 amide bonds. The largest absolute Gasteiger partial charge is 0.494 e. The molecule has 0 spiro atoms. The number of rotatable bonds is 5. The monoisotopic (exact) mass is 265 g/mol. The van der Waals surface area contributed by atoms with Gasteiger partial charge in [0.15, 0.2) is 11.6 Å². The van der Waals surface area contributed by atoms with Crippen LogP contribution >= 0.6 is 0 Å². The van der Waals surface area contributed by atoms with Gasteiger partial charge in [0.25, 0.3) is 0 Å². The first kappa shape index (κ1) is 14.3. The van der Waals surface area contributed by atoms with Crippen molar-refractivity contribution in [2.75, 3.05) is 13.7 Å². The van der Waals surface area contributed by atoms with Crippen molar-refractivity contribution in [2.24, 2.45) is 0 Å². The standard InChI is InChI=1S/C16H24FNO/c1-4-10-18-12-8-9-16(2,11-12)13-6-5-7-14(19-3)15(13)17/h5-7,12,18H,4,8-11H2,1-3H3. The van der Waals surface area contributed by atoms with Gasteiger partial charge in [-0.3, -0.25) is 0 Å². The lowest BCUT2D eigenvalue weighted by molar-refractivity contribution is 0.370. The van der Waals surface area contributed by atoms with E-state index in [4.69, 9.17) is 4.74 Å². The molecule has 0 saturated heterocycles. The van der Waals surface area contributed by atoms with Gasteiger partial charge >= 0.3 is 0 Å². The highest BCUT2D eigenvalue weighted by Crippen LogP contribution is 2.43. The first-order chi connectivity index (χ1) is 9.10. The maximum atomic E-state index is 14.4. The molecule has 1 fully saturated rings. The third-order valence-corrected chi connectivity index (χ3v) is 4.26. The van der Waals surface area contributed by atoms with Crippen LogP contribution in [0.1, 0.15) is 45.1 Å². The molecule has 1 N–H and O–H groups in total. The summed E-state index contributed by atoms with van der Waals surface area (Å²) in [6, 6.07) is 5.98.